The van der Waals surface area contributed by atoms with E-state index in [-0.39, 0.29) is 0 Å². The molecule has 0 bridgehead atoms. The van der Waals surface area contributed by atoms with Gasteiger partial charge >= 0.3 is 0 Å². The maximum atomic E-state index is 4.43. The zero-order valence-corrected chi connectivity index (χ0v) is 10.4. The van der Waals surface area contributed by atoms with E-state index in [9.17, 15) is 0 Å². The first kappa shape index (κ1) is 10.9. The van der Waals surface area contributed by atoms with Gasteiger partial charge < -0.3 is 4.57 Å². The van der Waals surface area contributed by atoms with E-state index in [4.69, 9.17) is 0 Å². The molecule has 2 aromatic rings. The number of benzene rings is 1. The predicted octanol–water partition coefficient (Wildman–Crippen LogP) is 3.19. The molecule has 16 heavy (non-hydrogen) atoms. The second kappa shape index (κ2) is 4.12. The maximum Gasteiger partial charge on any atom is 0.115 e. The van der Waals surface area contributed by atoms with Crippen molar-refractivity contribution in [2.75, 3.05) is 0 Å². The van der Waals surface area contributed by atoms with Crippen molar-refractivity contribution < 1.29 is 0 Å². The van der Waals surface area contributed by atoms with Gasteiger partial charge in [0.15, 0.2) is 0 Å². The SMILES string of the molecule is Cc1cccc([C@H](C)c2nccn2C)c1C. The summed E-state index contributed by atoms with van der Waals surface area (Å²) in [6.07, 6.45) is 3.86. The number of rotatable bonds is 2. The molecule has 2 rings (SSSR count). The number of nitrogens with zero attached hydrogens (tertiary/aromatic N) is 2. The number of aryl methyl sites for hydroxylation is 2. The van der Waals surface area contributed by atoms with Gasteiger partial charge in [-0.1, -0.05) is 25.1 Å². The van der Waals surface area contributed by atoms with Gasteiger partial charge in [0.1, 0.15) is 5.82 Å². The van der Waals surface area contributed by atoms with Crippen LogP contribution < -0.4 is 0 Å². The average molecular weight is 214 g/mol. The summed E-state index contributed by atoms with van der Waals surface area (Å²) in [6, 6.07) is 6.47. The van der Waals surface area contributed by atoms with Crippen molar-refractivity contribution in [2.24, 2.45) is 7.05 Å². The largest absolute Gasteiger partial charge is 0.338 e. The summed E-state index contributed by atoms with van der Waals surface area (Å²) < 4.78 is 2.09. The number of hydrogen-bond donors (Lipinski definition) is 0. The van der Waals surface area contributed by atoms with Gasteiger partial charge in [0.05, 0.1) is 0 Å². The van der Waals surface area contributed by atoms with Crippen LogP contribution in [0.25, 0.3) is 0 Å². The van der Waals surface area contributed by atoms with Crippen molar-refractivity contribution in [1.29, 1.82) is 0 Å². The summed E-state index contributed by atoms with van der Waals surface area (Å²) in [5.41, 5.74) is 4.09. The monoisotopic (exact) mass is 214 g/mol. The first-order valence-corrected chi connectivity index (χ1v) is 5.64. The molecule has 0 aliphatic rings. The molecule has 0 radical (unpaired) electrons. The number of hydrogen-bond acceptors (Lipinski definition) is 1. The Morgan fingerprint density at radius 2 is 2.00 bits per heavy atom. The van der Waals surface area contributed by atoms with Gasteiger partial charge in [-0.3, -0.25) is 0 Å². The molecule has 0 N–H and O–H groups in total. The van der Waals surface area contributed by atoms with Crippen LogP contribution >= 0.6 is 0 Å². The fourth-order valence-electron chi connectivity index (χ4n) is 2.18. The van der Waals surface area contributed by atoms with E-state index in [2.05, 4.69) is 48.5 Å². The third-order valence-electron chi connectivity index (χ3n) is 3.36. The van der Waals surface area contributed by atoms with Gasteiger partial charge in [-0.25, -0.2) is 4.98 Å². The van der Waals surface area contributed by atoms with Crippen LogP contribution in [0.15, 0.2) is 30.6 Å². The standard InChI is InChI=1S/C14H18N2/c1-10-6-5-7-13(11(10)2)12(3)14-15-8-9-16(14)4/h5-9,12H,1-4H3/t12-/m0/s1. The van der Waals surface area contributed by atoms with Gasteiger partial charge in [-0.05, 0) is 30.5 Å². The molecule has 2 heteroatoms. The lowest BCUT2D eigenvalue weighted by molar-refractivity contribution is 0.735. The summed E-state index contributed by atoms with van der Waals surface area (Å²) in [5, 5.41) is 0. The predicted molar refractivity (Wildman–Crippen MR) is 66.6 cm³/mol. The van der Waals surface area contributed by atoms with Gasteiger partial charge in [0, 0.05) is 25.4 Å². The van der Waals surface area contributed by atoms with Crippen LogP contribution in [-0.4, -0.2) is 9.55 Å². The third kappa shape index (κ3) is 1.75. The molecule has 1 aromatic carbocycles. The van der Waals surface area contributed by atoms with Gasteiger partial charge in [0.25, 0.3) is 0 Å². The lowest BCUT2D eigenvalue weighted by atomic mass is 9.93. The fourth-order valence-corrected chi connectivity index (χ4v) is 2.18. The summed E-state index contributed by atoms with van der Waals surface area (Å²) in [7, 11) is 2.05. The highest BCUT2D eigenvalue weighted by Crippen LogP contribution is 2.26. The molecule has 0 fully saturated rings. The molecule has 0 unspecified atom stereocenters. The van der Waals surface area contributed by atoms with Crippen LogP contribution in [-0.2, 0) is 7.05 Å². The Balaban J connectivity index is 2.46. The maximum absolute atomic E-state index is 4.43. The first-order valence-electron chi connectivity index (χ1n) is 5.64. The van der Waals surface area contributed by atoms with Crippen LogP contribution in [0, 0.1) is 13.8 Å². The summed E-state index contributed by atoms with van der Waals surface area (Å²) in [4.78, 5) is 4.43. The number of imidazole rings is 1. The Kier molecular flexibility index (Phi) is 2.82. The van der Waals surface area contributed by atoms with Crippen molar-refractivity contribution in [3.8, 4) is 0 Å². The van der Waals surface area contributed by atoms with Gasteiger partial charge in [-0.15, -0.1) is 0 Å². The third-order valence-corrected chi connectivity index (χ3v) is 3.36. The van der Waals surface area contributed by atoms with Gasteiger partial charge in [-0.2, -0.15) is 0 Å². The fraction of sp³-hybridized carbons (Fsp3) is 0.357. The number of aromatic nitrogens is 2. The van der Waals surface area contributed by atoms with E-state index in [1.807, 2.05) is 19.4 Å². The molecule has 84 valence electrons. The molecule has 0 aliphatic carbocycles. The van der Waals surface area contributed by atoms with Crippen LogP contribution in [0.1, 0.15) is 35.4 Å². The minimum Gasteiger partial charge on any atom is -0.338 e. The summed E-state index contributed by atoms with van der Waals surface area (Å²) in [5.74, 6) is 1.47. The van der Waals surface area contributed by atoms with Crippen molar-refractivity contribution >= 4 is 0 Å². The van der Waals surface area contributed by atoms with Crippen LogP contribution in [0.2, 0.25) is 0 Å². The molecule has 1 heterocycles. The molecule has 0 amide bonds. The lowest BCUT2D eigenvalue weighted by Gasteiger charge is -2.16. The molecule has 2 nitrogen and oxygen atoms in total. The normalized spacial score (nSPS) is 12.8. The molecular formula is C14H18N2. The zero-order chi connectivity index (χ0) is 11.7. The second-order valence-electron chi connectivity index (χ2n) is 4.41. The van der Waals surface area contributed by atoms with E-state index < -0.39 is 0 Å². The smallest absolute Gasteiger partial charge is 0.115 e. The molecule has 0 aliphatic heterocycles. The van der Waals surface area contributed by atoms with E-state index >= 15 is 0 Å². The van der Waals surface area contributed by atoms with E-state index in [0.29, 0.717) is 5.92 Å². The Morgan fingerprint density at radius 1 is 1.25 bits per heavy atom. The highest BCUT2D eigenvalue weighted by Gasteiger charge is 2.15. The summed E-state index contributed by atoms with van der Waals surface area (Å²) in [6.45, 7) is 6.55. The Hall–Kier alpha value is -1.57. The molecule has 0 saturated heterocycles. The van der Waals surface area contributed by atoms with Crippen LogP contribution in [0.4, 0.5) is 0 Å². The highest BCUT2D eigenvalue weighted by molar-refractivity contribution is 5.37. The topological polar surface area (TPSA) is 17.8 Å². The second-order valence-corrected chi connectivity index (χ2v) is 4.41. The van der Waals surface area contributed by atoms with E-state index in [1.54, 1.807) is 0 Å². The Morgan fingerprint density at radius 3 is 2.62 bits per heavy atom. The van der Waals surface area contributed by atoms with E-state index in [1.165, 1.54) is 16.7 Å². The molecule has 1 atom stereocenters. The Labute approximate surface area is 97.0 Å². The van der Waals surface area contributed by atoms with Crippen molar-refractivity contribution in [3.63, 3.8) is 0 Å². The highest BCUT2D eigenvalue weighted by atomic mass is 15.0. The van der Waals surface area contributed by atoms with Crippen molar-refractivity contribution in [2.45, 2.75) is 26.7 Å². The first-order chi connectivity index (χ1) is 7.61. The molecule has 0 spiro atoms. The van der Waals surface area contributed by atoms with Crippen molar-refractivity contribution in [3.05, 3.63) is 53.1 Å². The zero-order valence-electron chi connectivity index (χ0n) is 10.4. The van der Waals surface area contributed by atoms with Gasteiger partial charge in [0.2, 0.25) is 0 Å². The molecule has 1 aromatic heterocycles. The van der Waals surface area contributed by atoms with Crippen molar-refractivity contribution in [1.82, 2.24) is 9.55 Å². The molecule has 0 saturated carbocycles. The minimum absolute atomic E-state index is 0.347. The van der Waals surface area contributed by atoms with E-state index in [0.717, 1.165) is 5.82 Å². The van der Waals surface area contributed by atoms with Crippen LogP contribution in [0.3, 0.4) is 0 Å². The minimum atomic E-state index is 0.347. The molecular weight excluding hydrogens is 196 g/mol. The Bertz CT molecular complexity index is 497. The average Bonchev–Trinajstić information content (AvgIpc) is 2.68. The quantitative estimate of drug-likeness (QED) is 0.750. The van der Waals surface area contributed by atoms with Crippen LogP contribution in [0.5, 0.6) is 0 Å². The summed E-state index contributed by atoms with van der Waals surface area (Å²) >= 11 is 0. The lowest BCUT2D eigenvalue weighted by Crippen LogP contribution is -2.06.